The van der Waals surface area contributed by atoms with E-state index in [2.05, 4.69) is 24.3 Å². The number of carbonyl (C=O) groups is 2. The Bertz CT molecular complexity index is 1370. The number of para-hydroxylation sites is 1. The van der Waals surface area contributed by atoms with Gasteiger partial charge >= 0.3 is 5.97 Å². The van der Waals surface area contributed by atoms with Gasteiger partial charge in [0, 0.05) is 12.7 Å². The van der Waals surface area contributed by atoms with E-state index in [-0.39, 0.29) is 11.8 Å². The van der Waals surface area contributed by atoms with Gasteiger partial charge in [0.1, 0.15) is 0 Å². The molecule has 1 N–H and O–H groups in total. The molecule has 0 saturated heterocycles. The lowest BCUT2D eigenvalue weighted by atomic mass is 9.98. The Labute approximate surface area is 202 Å². The van der Waals surface area contributed by atoms with Crippen molar-refractivity contribution in [3.63, 3.8) is 0 Å². The van der Waals surface area contributed by atoms with Gasteiger partial charge in [-0.25, -0.2) is 9.78 Å². The summed E-state index contributed by atoms with van der Waals surface area (Å²) in [5, 5.41) is 9.97. The van der Waals surface area contributed by atoms with Crippen LogP contribution in [0.1, 0.15) is 53.9 Å². The zero-order chi connectivity index (χ0) is 24.6. The summed E-state index contributed by atoms with van der Waals surface area (Å²) in [6.07, 6.45) is -0.988. The minimum atomic E-state index is -0.988. The van der Waals surface area contributed by atoms with Gasteiger partial charge in [-0.3, -0.25) is 9.48 Å². The second-order valence-electron chi connectivity index (χ2n) is 8.67. The maximum absolute atomic E-state index is 13.3. The van der Waals surface area contributed by atoms with Crippen molar-refractivity contribution in [3.8, 4) is 10.6 Å². The van der Waals surface area contributed by atoms with Gasteiger partial charge in [-0.2, -0.15) is 5.10 Å². The van der Waals surface area contributed by atoms with Crippen LogP contribution in [0.15, 0.2) is 41.8 Å². The van der Waals surface area contributed by atoms with Crippen molar-refractivity contribution in [2.45, 2.75) is 46.6 Å². The van der Waals surface area contributed by atoms with E-state index in [9.17, 15) is 9.59 Å². The van der Waals surface area contributed by atoms with Crippen molar-refractivity contribution >= 4 is 39.9 Å². The Morgan fingerprint density at radius 3 is 2.56 bits per heavy atom. The van der Waals surface area contributed by atoms with Gasteiger partial charge in [0.15, 0.2) is 11.8 Å². The molecule has 3 heterocycles. The molecule has 0 aliphatic rings. The van der Waals surface area contributed by atoms with Crippen LogP contribution < -0.4 is 5.32 Å². The number of anilines is 1. The SMILES string of the molecule is Cc1cccc(C(C)C)c1NC(=O)C(C)OC(=O)c1cc(-c2cccs2)nc2c1c(C)nn2C. The summed E-state index contributed by atoms with van der Waals surface area (Å²) in [5.74, 6) is -0.726. The minimum Gasteiger partial charge on any atom is -0.449 e. The zero-order valence-electron chi connectivity index (χ0n) is 20.2. The summed E-state index contributed by atoms with van der Waals surface area (Å²) in [7, 11) is 1.79. The van der Waals surface area contributed by atoms with Crippen LogP contribution in [0.2, 0.25) is 0 Å². The second kappa shape index (κ2) is 9.38. The van der Waals surface area contributed by atoms with Crippen molar-refractivity contribution < 1.29 is 14.3 Å². The Balaban J connectivity index is 1.63. The van der Waals surface area contributed by atoms with E-state index in [1.165, 1.54) is 11.3 Å². The lowest BCUT2D eigenvalue weighted by Gasteiger charge is -2.19. The second-order valence-corrected chi connectivity index (χ2v) is 9.62. The summed E-state index contributed by atoms with van der Waals surface area (Å²) in [6, 6.07) is 11.5. The van der Waals surface area contributed by atoms with Gasteiger partial charge in [0.2, 0.25) is 0 Å². The average Bonchev–Trinajstić information content (AvgIpc) is 3.42. The van der Waals surface area contributed by atoms with Crippen LogP contribution in [-0.4, -0.2) is 32.7 Å². The third kappa shape index (κ3) is 4.46. The maximum atomic E-state index is 13.3. The van der Waals surface area contributed by atoms with Crippen LogP contribution in [0.5, 0.6) is 0 Å². The van der Waals surface area contributed by atoms with Crippen molar-refractivity contribution in [2.75, 3.05) is 5.32 Å². The third-order valence-corrected chi connectivity index (χ3v) is 6.68. The summed E-state index contributed by atoms with van der Waals surface area (Å²) in [6.45, 7) is 9.50. The monoisotopic (exact) mass is 476 g/mol. The zero-order valence-corrected chi connectivity index (χ0v) is 21.0. The first-order valence-electron chi connectivity index (χ1n) is 11.2. The first-order valence-corrected chi connectivity index (χ1v) is 12.0. The van der Waals surface area contributed by atoms with Crippen LogP contribution in [0.3, 0.4) is 0 Å². The molecule has 0 fully saturated rings. The molecule has 1 amide bonds. The standard InChI is InChI=1S/C26H28N4O3S/c1-14(2)18-10-7-9-15(3)23(18)28-25(31)17(5)33-26(32)19-13-20(21-11-8-12-34-21)27-24-22(19)16(4)29-30(24)6/h7-14,17H,1-6H3,(H,28,31). The number of aryl methyl sites for hydroxylation is 3. The van der Waals surface area contributed by atoms with E-state index >= 15 is 0 Å². The molecule has 0 radical (unpaired) electrons. The average molecular weight is 477 g/mol. The highest BCUT2D eigenvalue weighted by molar-refractivity contribution is 7.13. The van der Waals surface area contributed by atoms with Crippen LogP contribution in [0.25, 0.3) is 21.6 Å². The molecule has 1 unspecified atom stereocenters. The predicted molar refractivity (Wildman–Crippen MR) is 135 cm³/mol. The molecule has 1 atom stereocenters. The highest BCUT2D eigenvalue weighted by Gasteiger charge is 2.25. The van der Waals surface area contributed by atoms with E-state index in [0.717, 1.165) is 21.7 Å². The van der Waals surface area contributed by atoms with Gasteiger partial charge in [-0.15, -0.1) is 11.3 Å². The van der Waals surface area contributed by atoms with Crippen molar-refractivity contribution in [2.24, 2.45) is 7.05 Å². The van der Waals surface area contributed by atoms with Crippen LogP contribution >= 0.6 is 11.3 Å². The lowest BCUT2D eigenvalue weighted by Crippen LogP contribution is -2.30. The first-order chi connectivity index (χ1) is 16.2. The molecule has 0 saturated carbocycles. The Morgan fingerprint density at radius 2 is 1.88 bits per heavy atom. The number of carbonyl (C=O) groups excluding carboxylic acids is 2. The number of fused-ring (bicyclic) bond motifs is 1. The van der Waals surface area contributed by atoms with E-state index < -0.39 is 12.1 Å². The number of nitrogens with zero attached hydrogens (tertiary/aromatic N) is 3. The fourth-order valence-electron chi connectivity index (χ4n) is 4.00. The fourth-order valence-corrected chi connectivity index (χ4v) is 4.69. The van der Waals surface area contributed by atoms with Gasteiger partial charge < -0.3 is 10.1 Å². The number of ether oxygens (including phenoxy) is 1. The van der Waals surface area contributed by atoms with E-state index in [0.29, 0.717) is 28.0 Å². The number of esters is 1. The third-order valence-electron chi connectivity index (χ3n) is 5.79. The number of amides is 1. The smallest absolute Gasteiger partial charge is 0.339 e. The molecule has 7 nitrogen and oxygen atoms in total. The molecule has 8 heteroatoms. The number of thiophene rings is 1. The summed E-state index contributed by atoms with van der Waals surface area (Å²) >= 11 is 1.53. The molecular weight excluding hydrogens is 448 g/mol. The Morgan fingerprint density at radius 1 is 1.12 bits per heavy atom. The van der Waals surface area contributed by atoms with Crippen molar-refractivity contribution in [1.82, 2.24) is 14.8 Å². The van der Waals surface area contributed by atoms with E-state index in [1.807, 2.05) is 49.6 Å². The van der Waals surface area contributed by atoms with Crippen LogP contribution in [0, 0.1) is 13.8 Å². The normalized spacial score (nSPS) is 12.2. The van der Waals surface area contributed by atoms with E-state index in [4.69, 9.17) is 9.72 Å². The first kappa shape index (κ1) is 23.6. The van der Waals surface area contributed by atoms with Gasteiger partial charge in [-0.05, 0) is 55.3 Å². The fraction of sp³-hybridized carbons (Fsp3) is 0.308. The molecule has 3 aromatic heterocycles. The maximum Gasteiger partial charge on any atom is 0.339 e. The molecule has 4 aromatic rings. The highest BCUT2D eigenvalue weighted by Crippen LogP contribution is 2.30. The number of benzene rings is 1. The topological polar surface area (TPSA) is 86.1 Å². The summed E-state index contributed by atoms with van der Waals surface area (Å²) < 4.78 is 7.30. The minimum absolute atomic E-state index is 0.238. The van der Waals surface area contributed by atoms with Gasteiger partial charge in [0.25, 0.3) is 5.91 Å². The largest absolute Gasteiger partial charge is 0.449 e. The van der Waals surface area contributed by atoms with Crippen molar-refractivity contribution in [3.05, 3.63) is 64.2 Å². The molecule has 0 aliphatic heterocycles. The van der Waals surface area contributed by atoms with Gasteiger partial charge in [0.05, 0.1) is 27.2 Å². The quantitative estimate of drug-likeness (QED) is 0.365. The number of nitrogens with one attached hydrogen (secondary N) is 1. The number of aromatic nitrogens is 3. The number of hydrogen-bond donors (Lipinski definition) is 1. The van der Waals surface area contributed by atoms with Crippen LogP contribution in [-0.2, 0) is 16.6 Å². The number of pyridine rings is 1. The molecule has 4 rings (SSSR count). The summed E-state index contributed by atoms with van der Waals surface area (Å²) in [5.41, 5.74) is 5.03. The van der Waals surface area contributed by atoms with E-state index in [1.54, 1.807) is 24.7 Å². The molecule has 34 heavy (non-hydrogen) atoms. The Hall–Kier alpha value is -3.52. The highest BCUT2D eigenvalue weighted by atomic mass is 32.1. The molecule has 1 aromatic carbocycles. The molecule has 176 valence electrons. The molecular formula is C26H28N4O3S. The number of rotatable bonds is 6. The number of hydrogen-bond acceptors (Lipinski definition) is 6. The van der Waals surface area contributed by atoms with Gasteiger partial charge in [-0.1, -0.05) is 38.1 Å². The molecule has 0 spiro atoms. The molecule has 0 aliphatic carbocycles. The predicted octanol–water partition coefficient (Wildman–Crippen LogP) is 5.62. The summed E-state index contributed by atoms with van der Waals surface area (Å²) in [4.78, 5) is 31.9. The van der Waals surface area contributed by atoms with Crippen molar-refractivity contribution in [1.29, 1.82) is 0 Å². The lowest BCUT2D eigenvalue weighted by molar-refractivity contribution is -0.123. The molecule has 0 bridgehead atoms. The van der Waals surface area contributed by atoms with Crippen LogP contribution in [0.4, 0.5) is 5.69 Å². The Kier molecular flexibility index (Phi) is 6.52.